The van der Waals surface area contributed by atoms with Gasteiger partial charge in [-0.25, -0.2) is 9.78 Å². The third kappa shape index (κ3) is 3.97. The van der Waals surface area contributed by atoms with Crippen LogP contribution in [0.4, 0.5) is 0 Å². The molecule has 1 aliphatic carbocycles. The van der Waals surface area contributed by atoms with Gasteiger partial charge in [-0.15, -0.1) is 0 Å². The zero-order chi connectivity index (χ0) is 25.5. The number of aromatic nitrogens is 1. The fourth-order valence-electron chi connectivity index (χ4n) is 5.55. The monoisotopic (exact) mass is 499 g/mol. The second-order valence-electron chi connectivity index (χ2n) is 9.68. The highest BCUT2D eigenvalue weighted by atomic mass is 16.7. The average molecular weight is 500 g/mol. The number of carbonyl (C=O) groups excluding carboxylic acids is 1. The first kappa shape index (κ1) is 22.5. The summed E-state index contributed by atoms with van der Waals surface area (Å²) in [5.74, 6) is 1.20. The number of para-hydroxylation sites is 1. The van der Waals surface area contributed by atoms with E-state index in [1.165, 1.54) is 0 Å². The minimum Gasteiger partial charge on any atom is -0.457 e. The van der Waals surface area contributed by atoms with E-state index in [9.17, 15) is 4.79 Å². The van der Waals surface area contributed by atoms with Gasteiger partial charge < -0.3 is 14.2 Å². The average Bonchev–Trinajstić information content (AvgIpc) is 3.43. The third-order valence-electron chi connectivity index (χ3n) is 7.35. The van der Waals surface area contributed by atoms with E-state index in [1.807, 2.05) is 66.7 Å². The number of esters is 1. The molecule has 0 amide bonds. The molecule has 0 radical (unpaired) electrons. The summed E-state index contributed by atoms with van der Waals surface area (Å²) < 4.78 is 17.0. The molecule has 0 unspecified atom stereocenters. The lowest BCUT2D eigenvalue weighted by atomic mass is 9.86. The molecule has 1 aliphatic heterocycles. The van der Waals surface area contributed by atoms with Crippen molar-refractivity contribution in [2.75, 3.05) is 6.79 Å². The van der Waals surface area contributed by atoms with E-state index in [1.54, 1.807) is 0 Å². The summed E-state index contributed by atoms with van der Waals surface area (Å²) in [6.45, 7) is 0.460. The summed E-state index contributed by atoms with van der Waals surface area (Å²) in [6, 6.07) is 28.0. The van der Waals surface area contributed by atoms with Crippen molar-refractivity contribution in [2.45, 2.75) is 25.9 Å². The van der Waals surface area contributed by atoms with Crippen LogP contribution in [0.3, 0.4) is 0 Å². The van der Waals surface area contributed by atoms with Crippen LogP contribution in [0, 0.1) is 0 Å². The molecule has 4 aromatic carbocycles. The van der Waals surface area contributed by atoms with Gasteiger partial charge in [0, 0.05) is 5.39 Å². The number of hydrogen-bond acceptors (Lipinski definition) is 5. The fraction of sp³-hybridized carbons (Fsp3) is 0.152. The Bertz CT molecular complexity index is 1750. The lowest BCUT2D eigenvalue weighted by Crippen LogP contribution is -2.15. The predicted molar refractivity (Wildman–Crippen MR) is 148 cm³/mol. The summed E-state index contributed by atoms with van der Waals surface area (Å²) in [5.41, 5.74) is 6.39. The van der Waals surface area contributed by atoms with Crippen molar-refractivity contribution in [1.29, 1.82) is 0 Å². The highest BCUT2D eigenvalue weighted by Gasteiger charge is 2.26. The third-order valence-corrected chi connectivity index (χ3v) is 7.35. The number of benzene rings is 4. The zero-order valence-corrected chi connectivity index (χ0v) is 20.8. The van der Waals surface area contributed by atoms with E-state index < -0.39 is 0 Å². The second kappa shape index (κ2) is 9.34. The van der Waals surface area contributed by atoms with Crippen LogP contribution in [0.25, 0.3) is 33.3 Å². The van der Waals surface area contributed by atoms with Crippen molar-refractivity contribution in [1.82, 2.24) is 4.98 Å². The standard InChI is InChI=1S/C33H25NO4/c35-33(36-19-24-10-5-8-22-7-1-2-11-25(22)24)31-26-12-3-4-14-28(26)34-32-23(9-6-13-27(31)32)17-21-15-16-29-30(18-21)38-20-37-29/h1-5,7-8,10-12,14-18H,6,9,13,19-20H2. The van der Waals surface area contributed by atoms with Crippen LogP contribution in [-0.4, -0.2) is 17.7 Å². The Hall–Kier alpha value is -4.64. The van der Waals surface area contributed by atoms with E-state index >= 15 is 0 Å². The number of ether oxygens (including phenoxy) is 3. The molecule has 0 spiro atoms. The molecule has 0 saturated heterocycles. The van der Waals surface area contributed by atoms with Crippen molar-refractivity contribution in [2.24, 2.45) is 0 Å². The van der Waals surface area contributed by atoms with Crippen molar-refractivity contribution in [3.8, 4) is 11.5 Å². The van der Waals surface area contributed by atoms with Crippen molar-refractivity contribution < 1.29 is 19.0 Å². The van der Waals surface area contributed by atoms with Crippen molar-refractivity contribution in [3.63, 3.8) is 0 Å². The summed E-state index contributed by atoms with van der Waals surface area (Å²) >= 11 is 0. The molecule has 5 heteroatoms. The topological polar surface area (TPSA) is 57.7 Å². The predicted octanol–water partition coefficient (Wildman–Crippen LogP) is 7.35. The molecule has 0 bridgehead atoms. The van der Waals surface area contributed by atoms with Gasteiger partial charge in [-0.1, -0.05) is 66.7 Å². The maximum absolute atomic E-state index is 13.7. The van der Waals surface area contributed by atoms with E-state index in [0.717, 1.165) is 80.4 Å². The number of hydrogen-bond donors (Lipinski definition) is 0. The van der Waals surface area contributed by atoms with Gasteiger partial charge in [0.15, 0.2) is 11.5 Å². The maximum Gasteiger partial charge on any atom is 0.339 e. The molecule has 38 heavy (non-hydrogen) atoms. The lowest BCUT2D eigenvalue weighted by molar-refractivity contribution is 0.0475. The number of allylic oxidation sites excluding steroid dienone is 1. The zero-order valence-electron chi connectivity index (χ0n) is 20.8. The minimum atomic E-state index is -0.308. The van der Waals surface area contributed by atoms with Crippen LogP contribution >= 0.6 is 0 Å². The van der Waals surface area contributed by atoms with Gasteiger partial charge in [0.2, 0.25) is 6.79 Å². The molecule has 7 rings (SSSR count). The Balaban J connectivity index is 1.28. The first-order valence-electron chi connectivity index (χ1n) is 12.9. The Morgan fingerprint density at radius 1 is 0.868 bits per heavy atom. The van der Waals surface area contributed by atoms with Gasteiger partial charge >= 0.3 is 5.97 Å². The van der Waals surface area contributed by atoms with Crippen LogP contribution in [0.15, 0.2) is 84.9 Å². The lowest BCUT2D eigenvalue weighted by Gasteiger charge is -2.22. The van der Waals surface area contributed by atoms with Gasteiger partial charge in [-0.05, 0) is 76.6 Å². The maximum atomic E-state index is 13.7. The van der Waals surface area contributed by atoms with E-state index in [0.29, 0.717) is 5.56 Å². The highest BCUT2D eigenvalue weighted by Crippen LogP contribution is 2.38. The number of rotatable bonds is 4. The summed E-state index contributed by atoms with van der Waals surface area (Å²) in [7, 11) is 0. The molecule has 2 heterocycles. The van der Waals surface area contributed by atoms with E-state index in [2.05, 4.69) is 24.3 Å². The van der Waals surface area contributed by atoms with Crippen LogP contribution in [0.1, 0.15) is 45.6 Å². The fourth-order valence-corrected chi connectivity index (χ4v) is 5.55. The first-order valence-corrected chi connectivity index (χ1v) is 12.9. The van der Waals surface area contributed by atoms with Gasteiger partial charge in [-0.3, -0.25) is 0 Å². The molecule has 5 nitrogen and oxygen atoms in total. The minimum absolute atomic E-state index is 0.214. The van der Waals surface area contributed by atoms with Gasteiger partial charge in [0.1, 0.15) is 6.61 Å². The SMILES string of the molecule is O=C(OCc1cccc2ccccc12)c1c2c(nc3ccccc13)C(=Cc1ccc3c(c1)OCO3)CCC2. The Labute approximate surface area is 220 Å². The Morgan fingerprint density at radius 3 is 2.63 bits per heavy atom. The number of fused-ring (bicyclic) bond motifs is 4. The number of nitrogens with zero attached hydrogens (tertiary/aromatic N) is 1. The molecule has 5 aromatic rings. The van der Waals surface area contributed by atoms with Crippen molar-refractivity contribution in [3.05, 3.63) is 113 Å². The molecule has 0 atom stereocenters. The van der Waals surface area contributed by atoms with Crippen LogP contribution in [-0.2, 0) is 17.8 Å². The Morgan fingerprint density at radius 2 is 1.68 bits per heavy atom. The largest absolute Gasteiger partial charge is 0.457 e. The smallest absolute Gasteiger partial charge is 0.339 e. The normalized spacial score (nSPS) is 15.1. The molecular weight excluding hydrogens is 474 g/mol. The van der Waals surface area contributed by atoms with Crippen LogP contribution in [0.5, 0.6) is 11.5 Å². The number of pyridine rings is 1. The summed E-state index contributed by atoms with van der Waals surface area (Å²) in [6.07, 6.45) is 4.75. The summed E-state index contributed by atoms with van der Waals surface area (Å²) in [5, 5.41) is 3.06. The number of carbonyl (C=O) groups is 1. The van der Waals surface area contributed by atoms with E-state index in [-0.39, 0.29) is 19.4 Å². The second-order valence-corrected chi connectivity index (χ2v) is 9.68. The van der Waals surface area contributed by atoms with Gasteiger partial charge in [-0.2, -0.15) is 0 Å². The van der Waals surface area contributed by atoms with Gasteiger partial charge in [0.25, 0.3) is 0 Å². The van der Waals surface area contributed by atoms with Gasteiger partial charge in [0.05, 0.1) is 16.8 Å². The van der Waals surface area contributed by atoms with Crippen LogP contribution < -0.4 is 9.47 Å². The van der Waals surface area contributed by atoms with Crippen LogP contribution in [0.2, 0.25) is 0 Å². The molecule has 0 fully saturated rings. The van der Waals surface area contributed by atoms with E-state index in [4.69, 9.17) is 19.2 Å². The molecule has 2 aliphatic rings. The highest BCUT2D eigenvalue weighted by molar-refractivity contribution is 6.06. The molecular formula is C33H25NO4. The first-order chi connectivity index (χ1) is 18.7. The Kier molecular flexibility index (Phi) is 5.54. The molecule has 0 N–H and O–H groups in total. The summed E-state index contributed by atoms with van der Waals surface area (Å²) in [4.78, 5) is 18.8. The molecule has 1 aromatic heterocycles. The molecule has 186 valence electrons. The quantitative estimate of drug-likeness (QED) is 0.242. The van der Waals surface area contributed by atoms with Crippen molar-refractivity contribution >= 4 is 39.3 Å². The molecule has 0 saturated carbocycles.